The fourth-order valence-corrected chi connectivity index (χ4v) is 3.07. The molecule has 1 aliphatic heterocycles. The summed E-state index contributed by atoms with van der Waals surface area (Å²) in [5, 5.41) is 6.36. The van der Waals surface area contributed by atoms with E-state index in [2.05, 4.69) is 30.6 Å². The maximum atomic E-state index is 13.2. The molecule has 2 atom stereocenters. The van der Waals surface area contributed by atoms with Crippen LogP contribution in [0.2, 0.25) is 0 Å². The van der Waals surface area contributed by atoms with Crippen molar-refractivity contribution in [3.8, 4) is 5.88 Å². The van der Waals surface area contributed by atoms with E-state index < -0.39 is 0 Å². The van der Waals surface area contributed by atoms with Crippen LogP contribution in [0.25, 0.3) is 0 Å². The molecule has 9 heteroatoms. The van der Waals surface area contributed by atoms with E-state index in [1.807, 2.05) is 6.92 Å². The summed E-state index contributed by atoms with van der Waals surface area (Å²) in [6.45, 7) is 3.94. The predicted octanol–water partition coefficient (Wildman–Crippen LogP) is 3.74. The summed E-state index contributed by atoms with van der Waals surface area (Å²) in [7, 11) is 0. The van der Waals surface area contributed by atoms with Crippen LogP contribution in [0.1, 0.15) is 24.9 Å². The van der Waals surface area contributed by atoms with E-state index in [-0.39, 0.29) is 11.9 Å². The molecular formula is C21H23FN6O2. The van der Waals surface area contributed by atoms with Gasteiger partial charge in [0.05, 0.1) is 25.5 Å². The molecule has 0 saturated carbocycles. The van der Waals surface area contributed by atoms with Crippen LogP contribution in [0.15, 0.2) is 48.9 Å². The number of nitrogens with zero attached hydrogens (tertiary/aromatic N) is 4. The molecule has 1 unspecified atom stereocenters. The Balaban J connectivity index is 1.53. The number of halogens is 1. The highest BCUT2D eigenvalue weighted by Crippen LogP contribution is 2.24. The summed E-state index contributed by atoms with van der Waals surface area (Å²) in [5.41, 5.74) is 0.915. The number of hydrogen-bond donors (Lipinski definition) is 2. The van der Waals surface area contributed by atoms with E-state index in [0.29, 0.717) is 42.6 Å². The van der Waals surface area contributed by atoms with Crippen molar-refractivity contribution >= 4 is 17.6 Å². The molecule has 0 radical (unpaired) electrons. The third-order valence-electron chi connectivity index (χ3n) is 4.73. The quantitative estimate of drug-likeness (QED) is 0.580. The number of aromatic nitrogens is 4. The molecule has 1 saturated heterocycles. The van der Waals surface area contributed by atoms with Crippen LogP contribution in [-0.4, -0.2) is 39.8 Å². The molecule has 156 valence electrons. The van der Waals surface area contributed by atoms with Gasteiger partial charge in [-0.2, -0.15) is 9.97 Å². The Bertz CT molecular complexity index is 951. The highest BCUT2D eigenvalue weighted by molar-refractivity contribution is 5.54. The minimum Gasteiger partial charge on any atom is -0.477 e. The molecule has 3 aromatic rings. The number of benzene rings is 1. The molecule has 30 heavy (non-hydrogen) atoms. The lowest BCUT2D eigenvalue weighted by Gasteiger charge is -2.17. The van der Waals surface area contributed by atoms with Crippen molar-refractivity contribution in [3.63, 3.8) is 0 Å². The monoisotopic (exact) mass is 410 g/mol. The molecule has 0 amide bonds. The van der Waals surface area contributed by atoms with Crippen molar-refractivity contribution in [2.24, 2.45) is 5.92 Å². The molecule has 1 fully saturated rings. The summed E-state index contributed by atoms with van der Waals surface area (Å²) >= 11 is 0. The van der Waals surface area contributed by atoms with Crippen LogP contribution in [0, 0.1) is 11.7 Å². The lowest BCUT2D eigenvalue weighted by atomic mass is 10.1. The zero-order valence-corrected chi connectivity index (χ0v) is 16.6. The average molecular weight is 410 g/mol. The Morgan fingerprint density at radius 1 is 1.20 bits per heavy atom. The van der Waals surface area contributed by atoms with E-state index >= 15 is 0 Å². The molecule has 2 N–H and O–H groups in total. The van der Waals surface area contributed by atoms with E-state index in [0.717, 1.165) is 18.6 Å². The average Bonchev–Trinajstić information content (AvgIpc) is 3.27. The summed E-state index contributed by atoms with van der Waals surface area (Å²) in [5.74, 6) is 1.99. The Labute approximate surface area is 173 Å². The van der Waals surface area contributed by atoms with Crippen LogP contribution < -0.4 is 15.4 Å². The molecule has 3 heterocycles. The Hall–Kier alpha value is -3.33. The van der Waals surface area contributed by atoms with E-state index in [1.54, 1.807) is 36.8 Å². The Morgan fingerprint density at radius 2 is 2.07 bits per heavy atom. The molecule has 1 aliphatic rings. The predicted molar refractivity (Wildman–Crippen MR) is 110 cm³/mol. The summed E-state index contributed by atoms with van der Waals surface area (Å²) < 4.78 is 24.5. The lowest BCUT2D eigenvalue weighted by molar-refractivity contribution is 0.165. The molecule has 0 spiro atoms. The van der Waals surface area contributed by atoms with Crippen LogP contribution in [-0.2, 0) is 4.74 Å². The maximum Gasteiger partial charge on any atom is 0.228 e. The van der Waals surface area contributed by atoms with Gasteiger partial charge in [0.2, 0.25) is 11.8 Å². The molecule has 0 aliphatic carbocycles. The minimum absolute atomic E-state index is 0.131. The van der Waals surface area contributed by atoms with Gasteiger partial charge >= 0.3 is 0 Å². The first kappa shape index (κ1) is 20.0. The zero-order chi connectivity index (χ0) is 20.8. The highest BCUT2D eigenvalue weighted by Gasteiger charge is 2.17. The van der Waals surface area contributed by atoms with Crippen molar-refractivity contribution in [1.29, 1.82) is 0 Å². The van der Waals surface area contributed by atoms with Crippen LogP contribution >= 0.6 is 0 Å². The molecule has 4 rings (SSSR count). The van der Waals surface area contributed by atoms with Crippen LogP contribution in [0.4, 0.5) is 22.0 Å². The third kappa shape index (κ3) is 5.38. The fraction of sp³-hybridized carbons (Fsp3) is 0.333. The number of ether oxygens (including phenoxy) is 2. The summed E-state index contributed by atoms with van der Waals surface area (Å²) in [4.78, 5) is 17.3. The zero-order valence-electron chi connectivity index (χ0n) is 16.6. The Kier molecular flexibility index (Phi) is 6.29. The molecule has 8 nitrogen and oxygen atoms in total. The normalized spacial score (nSPS) is 16.8. The number of anilines is 3. The van der Waals surface area contributed by atoms with Gasteiger partial charge in [0, 0.05) is 31.0 Å². The van der Waals surface area contributed by atoms with Crippen molar-refractivity contribution in [2.45, 2.75) is 19.4 Å². The van der Waals surface area contributed by atoms with Crippen molar-refractivity contribution in [2.75, 3.05) is 30.5 Å². The van der Waals surface area contributed by atoms with Gasteiger partial charge in [-0.1, -0.05) is 12.1 Å². The minimum atomic E-state index is -0.274. The van der Waals surface area contributed by atoms with Gasteiger partial charge in [-0.3, -0.25) is 4.98 Å². The Morgan fingerprint density at radius 3 is 2.80 bits per heavy atom. The van der Waals surface area contributed by atoms with Gasteiger partial charge in [-0.15, -0.1) is 0 Å². The smallest absolute Gasteiger partial charge is 0.228 e. The van der Waals surface area contributed by atoms with E-state index in [1.165, 1.54) is 12.1 Å². The highest BCUT2D eigenvalue weighted by atomic mass is 19.1. The topological polar surface area (TPSA) is 94.1 Å². The van der Waals surface area contributed by atoms with Crippen molar-refractivity contribution in [1.82, 2.24) is 19.9 Å². The second-order valence-corrected chi connectivity index (χ2v) is 7.09. The van der Waals surface area contributed by atoms with Crippen molar-refractivity contribution < 1.29 is 13.9 Å². The van der Waals surface area contributed by atoms with Gasteiger partial charge in [0.25, 0.3) is 0 Å². The van der Waals surface area contributed by atoms with Crippen LogP contribution in [0.5, 0.6) is 5.88 Å². The SMILES string of the molecule is C[C@H](Nc1nc(Nc2cnccn2)cc(OCC2CCOC2)n1)c1ccc(F)cc1. The standard InChI is InChI=1S/C21H23FN6O2/c1-14(16-2-4-17(22)5-3-16)25-21-27-18(26-19-11-23-7-8-24-19)10-20(28-21)30-13-15-6-9-29-12-15/h2-5,7-8,10-11,14-15H,6,9,12-13H2,1H3,(H2,24,25,26,27,28)/t14-,15?/m0/s1. The lowest BCUT2D eigenvalue weighted by Crippen LogP contribution is -2.14. The summed E-state index contributed by atoms with van der Waals surface area (Å²) in [6.07, 6.45) is 5.77. The van der Waals surface area contributed by atoms with Crippen molar-refractivity contribution in [3.05, 3.63) is 60.3 Å². The van der Waals surface area contributed by atoms with Gasteiger partial charge in [-0.05, 0) is 31.0 Å². The van der Waals surface area contributed by atoms with Gasteiger partial charge in [0.1, 0.15) is 17.5 Å². The van der Waals surface area contributed by atoms with Gasteiger partial charge in [-0.25, -0.2) is 9.37 Å². The first-order valence-corrected chi connectivity index (χ1v) is 9.80. The number of hydrogen-bond acceptors (Lipinski definition) is 8. The first-order valence-electron chi connectivity index (χ1n) is 9.80. The molecular weight excluding hydrogens is 387 g/mol. The van der Waals surface area contributed by atoms with E-state index in [9.17, 15) is 4.39 Å². The van der Waals surface area contributed by atoms with E-state index in [4.69, 9.17) is 9.47 Å². The number of rotatable bonds is 8. The molecule has 2 aromatic heterocycles. The molecule has 1 aromatic carbocycles. The largest absolute Gasteiger partial charge is 0.477 e. The van der Waals surface area contributed by atoms with Gasteiger partial charge in [0.15, 0.2) is 0 Å². The van der Waals surface area contributed by atoms with Gasteiger partial charge < -0.3 is 20.1 Å². The number of nitrogens with one attached hydrogen (secondary N) is 2. The second-order valence-electron chi connectivity index (χ2n) is 7.09. The van der Waals surface area contributed by atoms with Crippen LogP contribution in [0.3, 0.4) is 0 Å². The molecule has 0 bridgehead atoms. The second kappa shape index (κ2) is 9.45. The third-order valence-corrected chi connectivity index (χ3v) is 4.73. The maximum absolute atomic E-state index is 13.2. The first-order chi connectivity index (χ1) is 14.7. The fourth-order valence-electron chi connectivity index (χ4n) is 3.07. The summed E-state index contributed by atoms with van der Waals surface area (Å²) in [6, 6.07) is 7.90.